The lowest BCUT2D eigenvalue weighted by Crippen LogP contribution is -2.29. The first-order valence-corrected chi connectivity index (χ1v) is 10.4. The molecule has 1 fully saturated rings. The van der Waals surface area contributed by atoms with Gasteiger partial charge in [-0.25, -0.2) is 0 Å². The molecule has 1 atom stereocenters. The van der Waals surface area contributed by atoms with Crippen molar-refractivity contribution in [2.45, 2.75) is 6.04 Å². The molecular weight excluding hydrogens is 498 g/mol. The molecule has 0 radical (unpaired) electrons. The fraction of sp³-hybridized carbons (Fsp3) is 0.0435. The maximum absolute atomic E-state index is 13.0. The summed E-state index contributed by atoms with van der Waals surface area (Å²) in [5.74, 6) is -1.57. The maximum atomic E-state index is 13.0. The quantitative estimate of drug-likeness (QED) is 0.272. The Hall–Kier alpha value is -2.70. The summed E-state index contributed by atoms with van der Waals surface area (Å²) in [7, 11) is 0. The Bertz CT molecular complexity index is 1120. The zero-order chi connectivity index (χ0) is 20.5. The van der Waals surface area contributed by atoms with E-state index in [9.17, 15) is 14.7 Å². The molecule has 0 saturated carbocycles. The van der Waals surface area contributed by atoms with E-state index in [0.29, 0.717) is 11.3 Å². The van der Waals surface area contributed by atoms with Crippen LogP contribution in [-0.2, 0) is 9.59 Å². The molecule has 0 unspecified atom stereocenters. The molecule has 144 valence electrons. The Labute approximate surface area is 184 Å². The highest BCUT2D eigenvalue weighted by Gasteiger charge is 2.46. The van der Waals surface area contributed by atoms with Gasteiger partial charge < -0.3 is 5.11 Å². The summed E-state index contributed by atoms with van der Waals surface area (Å²) >= 11 is 6.83. The number of hydrogen-bond donors (Lipinski definition) is 1. The van der Waals surface area contributed by atoms with Gasteiger partial charge >= 0.3 is 0 Å². The fourth-order valence-electron chi connectivity index (χ4n) is 3.44. The third-order valence-electron chi connectivity index (χ3n) is 4.76. The third kappa shape index (κ3) is 3.66. The second-order valence-corrected chi connectivity index (χ2v) is 8.40. The van der Waals surface area contributed by atoms with E-state index >= 15 is 0 Å². The van der Waals surface area contributed by atoms with Crippen LogP contribution in [0.2, 0.25) is 0 Å². The number of benzene rings is 3. The maximum Gasteiger partial charge on any atom is 0.300 e. The predicted molar refractivity (Wildman–Crippen MR) is 120 cm³/mol. The number of anilines is 1. The SMILES string of the molecule is O=C1C(=O)N(c2cccc(Br)c2)[C@H](c2ccc(Br)cc2)/C1=C(\O)c1ccccc1. The summed E-state index contributed by atoms with van der Waals surface area (Å²) in [5.41, 5.74) is 1.86. The van der Waals surface area contributed by atoms with E-state index in [4.69, 9.17) is 0 Å². The average Bonchev–Trinajstić information content (AvgIpc) is 2.99. The Morgan fingerprint density at radius 3 is 2.17 bits per heavy atom. The van der Waals surface area contributed by atoms with Crippen molar-refractivity contribution in [2.24, 2.45) is 0 Å². The highest BCUT2D eigenvalue weighted by molar-refractivity contribution is 9.10. The summed E-state index contributed by atoms with van der Waals surface area (Å²) < 4.78 is 1.67. The van der Waals surface area contributed by atoms with Crippen LogP contribution >= 0.6 is 31.9 Å². The first-order valence-electron chi connectivity index (χ1n) is 8.85. The zero-order valence-corrected chi connectivity index (χ0v) is 18.2. The topological polar surface area (TPSA) is 57.6 Å². The second-order valence-electron chi connectivity index (χ2n) is 6.57. The van der Waals surface area contributed by atoms with Crippen LogP contribution in [0.4, 0.5) is 5.69 Å². The first-order chi connectivity index (χ1) is 14.0. The molecule has 1 heterocycles. The van der Waals surface area contributed by atoms with Crippen LogP contribution in [0.1, 0.15) is 17.2 Å². The van der Waals surface area contributed by atoms with E-state index < -0.39 is 17.7 Å². The molecular formula is C23H15Br2NO3. The molecule has 4 nitrogen and oxygen atoms in total. The molecule has 1 saturated heterocycles. The molecule has 3 aromatic carbocycles. The molecule has 1 aliphatic rings. The molecule has 4 rings (SSSR count). The van der Waals surface area contributed by atoms with Crippen molar-refractivity contribution >= 4 is 55.0 Å². The van der Waals surface area contributed by atoms with E-state index in [1.54, 1.807) is 42.5 Å². The Morgan fingerprint density at radius 1 is 0.828 bits per heavy atom. The van der Waals surface area contributed by atoms with E-state index in [-0.39, 0.29) is 11.3 Å². The lowest BCUT2D eigenvalue weighted by molar-refractivity contribution is -0.132. The molecule has 0 aliphatic carbocycles. The van der Waals surface area contributed by atoms with E-state index in [0.717, 1.165) is 14.5 Å². The van der Waals surface area contributed by atoms with Crippen molar-refractivity contribution in [3.8, 4) is 0 Å². The van der Waals surface area contributed by atoms with E-state index in [2.05, 4.69) is 31.9 Å². The third-order valence-corrected chi connectivity index (χ3v) is 5.79. The van der Waals surface area contributed by atoms with Gasteiger partial charge in [0.05, 0.1) is 11.6 Å². The van der Waals surface area contributed by atoms with Gasteiger partial charge in [0, 0.05) is 20.2 Å². The van der Waals surface area contributed by atoms with Crippen LogP contribution in [0.3, 0.4) is 0 Å². The van der Waals surface area contributed by atoms with Crippen molar-refractivity contribution in [3.63, 3.8) is 0 Å². The number of carbonyl (C=O) groups is 2. The standard InChI is InChI=1S/C23H15Br2NO3/c24-16-11-9-14(10-12-16)20-19(21(27)15-5-2-1-3-6-15)22(28)23(29)26(20)18-8-4-7-17(25)13-18/h1-13,20,27H/b21-19+/t20-/m1/s1. The summed E-state index contributed by atoms with van der Waals surface area (Å²) in [6.07, 6.45) is 0. The van der Waals surface area contributed by atoms with Crippen LogP contribution in [-0.4, -0.2) is 16.8 Å². The van der Waals surface area contributed by atoms with E-state index in [1.807, 2.05) is 36.4 Å². The number of halogens is 2. The van der Waals surface area contributed by atoms with Crippen LogP contribution in [0.25, 0.3) is 5.76 Å². The van der Waals surface area contributed by atoms with Gasteiger partial charge in [-0.15, -0.1) is 0 Å². The number of carbonyl (C=O) groups excluding carboxylic acids is 2. The van der Waals surface area contributed by atoms with Gasteiger partial charge in [0.15, 0.2) is 0 Å². The lowest BCUT2D eigenvalue weighted by atomic mass is 9.95. The Morgan fingerprint density at radius 2 is 1.52 bits per heavy atom. The average molecular weight is 513 g/mol. The molecule has 1 N–H and O–H groups in total. The first kappa shape index (κ1) is 19.6. The predicted octanol–water partition coefficient (Wildman–Crippen LogP) is 5.84. The number of aliphatic hydroxyl groups excluding tert-OH is 1. The number of ketones is 1. The number of nitrogens with zero attached hydrogens (tertiary/aromatic N) is 1. The minimum atomic E-state index is -0.738. The summed E-state index contributed by atoms with van der Waals surface area (Å²) in [6, 6.07) is 22.6. The molecule has 6 heteroatoms. The van der Waals surface area contributed by atoms with Gasteiger partial charge in [0.25, 0.3) is 11.7 Å². The molecule has 1 amide bonds. The van der Waals surface area contributed by atoms with Crippen molar-refractivity contribution in [3.05, 3.63) is 105 Å². The van der Waals surface area contributed by atoms with Crippen LogP contribution in [0.15, 0.2) is 93.4 Å². The lowest BCUT2D eigenvalue weighted by Gasteiger charge is -2.25. The van der Waals surface area contributed by atoms with Gasteiger partial charge in [-0.3, -0.25) is 14.5 Å². The normalized spacial score (nSPS) is 18.3. The molecule has 0 aromatic heterocycles. The largest absolute Gasteiger partial charge is 0.507 e. The number of aliphatic hydroxyl groups is 1. The van der Waals surface area contributed by atoms with Gasteiger partial charge in [0.2, 0.25) is 0 Å². The Balaban J connectivity index is 1.96. The summed E-state index contributed by atoms with van der Waals surface area (Å²) in [4.78, 5) is 27.5. The number of rotatable bonds is 3. The van der Waals surface area contributed by atoms with Gasteiger partial charge in [-0.05, 0) is 35.9 Å². The minimum Gasteiger partial charge on any atom is -0.507 e. The fourth-order valence-corrected chi connectivity index (χ4v) is 4.09. The van der Waals surface area contributed by atoms with Crippen molar-refractivity contribution < 1.29 is 14.7 Å². The van der Waals surface area contributed by atoms with Gasteiger partial charge in [-0.2, -0.15) is 0 Å². The van der Waals surface area contributed by atoms with Crippen LogP contribution in [0, 0.1) is 0 Å². The van der Waals surface area contributed by atoms with Crippen molar-refractivity contribution in [2.75, 3.05) is 4.90 Å². The monoisotopic (exact) mass is 511 g/mol. The molecule has 1 aliphatic heterocycles. The second kappa shape index (κ2) is 7.97. The highest BCUT2D eigenvalue weighted by atomic mass is 79.9. The molecule has 3 aromatic rings. The van der Waals surface area contributed by atoms with E-state index in [1.165, 1.54) is 4.90 Å². The summed E-state index contributed by atoms with van der Waals surface area (Å²) in [6.45, 7) is 0. The number of hydrogen-bond acceptors (Lipinski definition) is 3. The summed E-state index contributed by atoms with van der Waals surface area (Å²) in [5, 5.41) is 11.0. The molecule has 29 heavy (non-hydrogen) atoms. The smallest absolute Gasteiger partial charge is 0.300 e. The van der Waals surface area contributed by atoms with Gasteiger partial charge in [-0.1, -0.05) is 80.4 Å². The minimum absolute atomic E-state index is 0.0727. The van der Waals surface area contributed by atoms with Crippen LogP contribution < -0.4 is 4.90 Å². The molecule has 0 spiro atoms. The highest BCUT2D eigenvalue weighted by Crippen LogP contribution is 2.42. The molecule has 0 bridgehead atoms. The zero-order valence-electron chi connectivity index (χ0n) is 15.0. The van der Waals surface area contributed by atoms with Crippen LogP contribution in [0.5, 0.6) is 0 Å². The number of amides is 1. The Kier molecular flexibility index (Phi) is 5.39. The number of Topliss-reactive ketones (excluding diaryl/α,β-unsaturated/α-hetero) is 1. The van der Waals surface area contributed by atoms with Gasteiger partial charge in [0.1, 0.15) is 5.76 Å². The van der Waals surface area contributed by atoms with Crippen molar-refractivity contribution in [1.29, 1.82) is 0 Å². The van der Waals surface area contributed by atoms with Crippen molar-refractivity contribution in [1.82, 2.24) is 0 Å².